The van der Waals surface area contributed by atoms with Crippen molar-refractivity contribution in [3.8, 4) is 5.75 Å². The Morgan fingerprint density at radius 2 is 1.63 bits per heavy atom. The van der Waals surface area contributed by atoms with E-state index in [1.54, 1.807) is 24.3 Å². The summed E-state index contributed by atoms with van der Waals surface area (Å²) >= 11 is 0. The molecule has 0 amide bonds. The summed E-state index contributed by atoms with van der Waals surface area (Å²) in [4.78, 5) is 0.329. The van der Waals surface area contributed by atoms with Gasteiger partial charge in [0.25, 0.3) is 10.0 Å². The van der Waals surface area contributed by atoms with Crippen molar-refractivity contribution in [2.75, 3.05) is 31.6 Å². The fourth-order valence-electron chi connectivity index (χ4n) is 2.97. The summed E-state index contributed by atoms with van der Waals surface area (Å²) in [5.74, 6) is 0.608. The topological polar surface area (TPSA) is 84.0 Å². The zero-order chi connectivity index (χ0) is 19.8. The van der Waals surface area contributed by atoms with Crippen LogP contribution in [0.3, 0.4) is 0 Å². The second-order valence-corrected chi connectivity index (χ2v) is 10.3. The standard InChI is InChI=1S/C18H22N2O5S2/c1-4-25-15-5-7-16(8-6-15)27(23,24)20-12-11-14-13-17(9-10-18(14)20)26(21,22)19(2)3/h5-10,13H,4,11-12H2,1-3H3. The summed E-state index contributed by atoms with van der Waals surface area (Å²) in [6, 6.07) is 10.8. The number of anilines is 1. The summed E-state index contributed by atoms with van der Waals surface area (Å²) in [6.07, 6.45) is 0.461. The van der Waals surface area contributed by atoms with E-state index < -0.39 is 20.0 Å². The molecule has 2 aromatic rings. The molecule has 1 aliphatic rings. The Kier molecular flexibility index (Phi) is 5.20. The van der Waals surface area contributed by atoms with Gasteiger partial charge in [0.05, 0.1) is 22.1 Å². The van der Waals surface area contributed by atoms with Crippen LogP contribution in [0.4, 0.5) is 5.69 Å². The molecule has 1 heterocycles. The maximum atomic E-state index is 13.0. The lowest BCUT2D eigenvalue weighted by molar-refractivity contribution is 0.340. The lowest BCUT2D eigenvalue weighted by atomic mass is 10.2. The summed E-state index contributed by atoms with van der Waals surface area (Å²) in [5.41, 5.74) is 1.22. The predicted octanol–water partition coefficient (Wildman–Crippen LogP) is 2.09. The minimum atomic E-state index is -3.73. The maximum absolute atomic E-state index is 13.0. The highest BCUT2D eigenvalue weighted by Crippen LogP contribution is 2.35. The first-order valence-electron chi connectivity index (χ1n) is 8.49. The number of nitrogens with zero attached hydrogens (tertiary/aromatic N) is 2. The minimum Gasteiger partial charge on any atom is -0.494 e. The van der Waals surface area contributed by atoms with Crippen LogP contribution < -0.4 is 9.04 Å². The lowest BCUT2D eigenvalue weighted by Crippen LogP contribution is -2.29. The van der Waals surface area contributed by atoms with E-state index in [0.29, 0.717) is 30.0 Å². The quantitative estimate of drug-likeness (QED) is 0.728. The number of benzene rings is 2. The number of hydrogen-bond donors (Lipinski definition) is 0. The summed E-state index contributed by atoms with van der Waals surface area (Å²) in [6.45, 7) is 2.64. The first kappa shape index (κ1) is 19.7. The lowest BCUT2D eigenvalue weighted by Gasteiger charge is -2.20. The highest BCUT2D eigenvalue weighted by atomic mass is 32.2. The molecule has 1 aliphatic heterocycles. The van der Waals surface area contributed by atoms with Gasteiger partial charge in [-0.15, -0.1) is 0 Å². The third-order valence-electron chi connectivity index (χ3n) is 4.41. The van der Waals surface area contributed by atoms with Crippen molar-refractivity contribution in [2.24, 2.45) is 0 Å². The fourth-order valence-corrected chi connectivity index (χ4v) is 5.43. The molecule has 3 rings (SSSR count). The van der Waals surface area contributed by atoms with E-state index in [0.717, 1.165) is 4.31 Å². The second kappa shape index (κ2) is 7.14. The molecule has 2 aromatic carbocycles. The third kappa shape index (κ3) is 3.54. The molecule has 9 heteroatoms. The molecule has 0 saturated heterocycles. The Hall–Kier alpha value is -2.10. The van der Waals surface area contributed by atoms with Crippen LogP contribution in [-0.2, 0) is 26.5 Å². The summed E-state index contributed by atoms with van der Waals surface area (Å²) in [7, 11) is -4.37. The Balaban J connectivity index is 1.95. The zero-order valence-electron chi connectivity index (χ0n) is 15.4. The average molecular weight is 411 g/mol. The van der Waals surface area contributed by atoms with E-state index in [2.05, 4.69) is 0 Å². The smallest absolute Gasteiger partial charge is 0.264 e. The molecule has 7 nitrogen and oxygen atoms in total. The molecule has 0 bridgehead atoms. The van der Waals surface area contributed by atoms with E-state index in [1.807, 2.05) is 6.92 Å². The Morgan fingerprint density at radius 1 is 1.00 bits per heavy atom. The predicted molar refractivity (Wildman–Crippen MR) is 103 cm³/mol. The van der Waals surface area contributed by atoms with E-state index in [-0.39, 0.29) is 16.3 Å². The van der Waals surface area contributed by atoms with Crippen LogP contribution in [0.2, 0.25) is 0 Å². The SMILES string of the molecule is CCOc1ccc(S(=O)(=O)N2CCc3cc(S(=O)(=O)N(C)C)ccc32)cc1. The first-order valence-corrected chi connectivity index (χ1v) is 11.4. The monoisotopic (exact) mass is 410 g/mol. The van der Waals surface area contributed by atoms with Crippen LogP contribution in [0.1, 0.15) is 12.5 Å². The van der Waals surface area contributed by atoms with Gasteiger partial charge in [-0.2, -0.15) is 0 Å². The molecular weight excluding hydrogens is 388 g/mol. The maximum Gasteiger partial charge on any atom is 0.264 e. The minimum absolute atomic E-state index is 0.159. The van der Waals surface area contributed by atoms with Crippen LogP contribution in [0.25, 0.3) is 0 Å². The van der Waals surface area contributed by atoms with Gasteiger partial charge >= 0.3 is 0 Å². The highest BCUT2D eigenvalue weighted by molar-refractivity contribution is 7.92. The molecule has 0 N–H and O–H groups in total. The molecule has 0 atom stereocenters. The van der Waals surface area contributed by atoms with Crippen molar-refractivity contribution < 1.29 is 21.6 Å². The molecule has 0 radical (unpaired) electrons. The van der Waals surface area contributed by atoms with Crippen LogP contribution in [-0.4, -0.2) is 48.4 Å². The van der Waals surface area contributed by atoms with Crippen LogP contribution >= 0.6 is 0 Å². The van der Waals surface area contributed by atoms with Gasteiger partial charge in [-0.1, -0.05) is 0 Å². The molecule has 0 aliphatic carbocycles. The number of rotatable bonds is 6. The molecule has 0 aromatic heterocycles. The number of ether oxygens (including phenoxy) is 1. The molecule has 146 valence electrons. The Labute approximate surface area is 160 Å². The van der Waals surface area contributed by atoms with Gasteiger partial charge < -0.3 is 4.74 Å². The van der Waals surface area contributed by atoms with E-state index in [1.165, 1.54) is 36.6 Å². The molecule has 0 fully saturated rings. The van der Waals surface area contributed by atoms with Crippen molar-refractivity contribution in [3.05, 3.63) is 48.0 Å². The van der Waals surface area contributed by atoms with Crippen LogP contribution in [0.5, 0.6) is 5.75 Å². The van der Waals surface area contributed by atoms with Crippen molar-refractivity contribution in [1.82, 2.24) is 4.31 Å². The van der Waals surface area contributed by atoms with Crippen molar-refractivity contribution in [3.63, 3.8) is 0 Å². The highest BCUT2D eigenvalue weighted by Gasteiger charge is 2.32. The van der Waals surface area contributed by atoms with Crippen molar-refractivity contribution >= 4 is 25.7 Å². The van der Waals surface area contributed by atoms with Crippen LogP contribution in [0.15, 0.2) is 52.3 Å². The van der Waals surface area contributed by atoms with Gasteiger partial charge in [-0.25, -0.2) is 21.1 Å². The van der Waals surface area contributed by atoms with Gasteiger partial charge in [-0.3, -0.25) is 4.31 Å². The number of sulfonamides is 2. The van der Waals surface area contributed by atoms with Gasteiger partial charge in [0.1, 0.15) is 5.75 Å². The second-order valence-electron chi connectivity index (χ2n) is 6.31. The molecule has 0 saturated carbocycles. The average Bonchev–Trinajstić information content (AvgIpc) is 3.06. The van der Waals surface area contributed by atoms with E-state index in [4.69, 9.17) is 4.74 Å². The van der Waals surface area contributed by atoms with Gasteiger partial charge in [0.2, 0.25) is 10.0 Å². The number of hydrogen-bond acceptors (Lipinski definition) is 5. The number of fused-ring (bicyclic) bond motifs is 1. The van der Waals surface area contributed by atoms with E-state index in [9.17, 15) is 16.8 Å². The molecular formula is C18H22N2O5S2. The zero-order valence-corrected chi connectivity index (χ0v) is 17.0. The Morgan fingerprint density at radius 3 is 2.22 bits per heavy atom. The van der Waals surface area contributed by atoms with Gasteiger partial charge in [0, 0.05) is 20.6 Å². The summed E-state index contributed by atoms with van der Waals surface area (Å²) in [5, 5.41) is 0. The largest absolute Gasteiger partial charge is 0.494 e. The summed E-state index contributed by atoms with van der Waals surface area (Å²) < 4.78 is 58.4. The first-order chi connectivity index (χ1) is 12.7. The fraction of sp³-hybridized carbons (Fsp3) is 0.333. The normalized spacial score (nSPS) is 14.4. The molecule has 0 spiro atoms. The van der Waals surface area contributed by atoms with Gasteiger partial charge in [-0.05, 0) is 61.4 Å². The van der Waals surface area contributed by atoms with Crippen LogP contribution in [0, 0.1) is 0 Å². The van der Waals surface area contributed by atoms with Crippen molar-refractivity contribution in [2.45, 2.75) is 23.1 Å². The van der Waals surface area contributed by atoms with Gasteiger partial charge in [0.15, 0.2) is 0 Å². The van der Waals surface area contributed by atoms with E-state index >= 15 is 0 Å². The molecule has 27 heavy (non-hydrogen) atoms. The molecule has 0 unspecified atom stereocenters. The Bertz CT molecular complexity index is 1050. The van der Waals surface area contributed by atoms with Crippen molar-refractivity contribution in [1.29, 1.82) is 0 Å². The third-order valence-corrected chi connectivity index (χ3v) is 8.04.